The van der Waals surface area contributed by atoms with Gasteiger partial charge in [0.1, 0.15) is 11.6 Å². The largest absolute Gasteiger partial charge is 0.299 e. The van der Waals surface area contributed by atoms with Gasteiger partial charge in [-0.2, -0.15) is 0 Å². The molecular weight excluding hydrogens is 188 g/mol. The lowest BCUT2D eigenvalue weighted by atomic mass is 9.57. The minimum atomic E-state index is -0.409. The van der Waals surface area contributed by atoms with Crippen LogP contribution in [0.15, 0.2) is 11.6 Å². The molecule has 82 valence electrons. The topological polar surface area (TPSA) is 34.1 Å². The molecule has 3 atom stereocenters. The summed E-state index contributed by atoms with van der Waals surface area (Å²) in [5.41, 5.74) is 0.845. The fraction of sp³-hybridized carbons (Fsp3) is 0.692. The van der Waals surface area contributed by atoms with E-state index in [1.165, 1.54) is 5.57 Å². The molecule has 1 fully saturated rings. The average Bonchev–Trinajstić information content (AvgIpc) is 2.14. The minimum absolute atomic E-state index is 0.0510. The summed E-state index contributed by atoms with van der Waals surface area (Å²) in [7, 11) is 0. The molecule has 0 amide bonds. The first-order chi connectivity index (χ1) is 6.95. The summed E-state index contributed by atoms with van der Waals surface area (Å²) < 4.78 is 0. The van der Waals surface area contributed by atoms with E-state index in [0.717, 1.165) is 12.8 Å². The van der Waals surface area contributed by atoms with Gasteiger partial charge < -0.3 is 0 Å². The van der Waals surface area contributed by atoms with Crippen LogP contribution in [-0.4, -0.2) is 11.6 Å². The van der Waals surface area contributed by atoms with Gasteiger partial charge in [-0.15, -0.1) is 0 Å². The van der Waals surface area contributed by atoms with Crippen molar-refractivity contribution < 1.29 is 9.59 Å². The third-order valence-corrected chi connectivity index (χ3v) is 4.02. The Morgan fingerprint density at radius 2 is 2.07 bits per heavy atom. The van der Waals surface area contributed by atoms with Crippen molar-refractivity contribution in [3.8, 4) is 0 Å². The number of carbonyl (C=O) groups is 2. The summed E-state index contributed by atoms with van der Waals surface area (Å²) in [6.07, 6.45) is 4.10. The molecule has 0 saturated heterocycles. The first-order valence-corrected chi connectivity index (χ1v) is 5.68. The highest BCUT2D eigenvalue weighted by atomic mass is 16.1. The SMILES string of the molecule is CC1=CC[C@H]2C(=O)C[C@H](C)C(=O)[C@]2(C)C1. The maximum atomic E-state index is 12.2. The normalized spacial score (nSPS) is 41.1. The molecule has 0 heterocycles. The van der Waals surface area contributed by atoms with Gasteiger partial charge in [-0.3, -0.25) is 9.59 Å². The minimum Gasteiger partial charge on any atom is -0.299 e. The van der Waals surface area contributed by atoms with Crippen LogP contribution in [0.4, 0.5) is 0 Å². The Morgan fingerprint density at radius 1 is 1.40 bits per heavy atom. The van der Waals surface area contributed by atoms with Gasteiger partial charge >= 0.3 is 0 Å². The van der Waals surface area contributed by atoms with Crippen molar-refractivity contribution in [2.45, 2.75) is 40.0 Å². The first-order valence-electron chi connectivity index (χ1n) is 5.68. The van der Waals surface area contributed by atoms with Gasteiger partial charge in [-0.05, 0) is 19.8 Å². The van der Waals surface area contributed by atoms with Crippen LogP contribution in [0.1, 0.15) is 40.0 Å². The lowest BCUT2D eigenvalue weighted by Crippen LogP contribution is -2.49. The van der Waals surface area contributed by atoms with E-state index in [1.54, 1.807) is 0 Å². The molecule has 0 N–H and O–H groups in total. The van der Waals surface area contributed by atoms with Crippen molar-refractivity contribution in [3.05, 3.63) is 11.6 Å². The number of hydrogen-bond acceptors (Lipinski definition) is 2. The van der Waals surface area contributed by atoms with E-state index < -0.39 is 5.41 Å². The van der Waals surface area contributed by atoms with Crippen LogP contribution in [0.3, 0.4) is 0 Å². The molecule has 2 aliphatic rings. The molecule has 0 aromatic carbocycles. The second-order valence-corrected chi connectivity index (χ2v) is 5.37. The van der Waals surface area contributed by atoms with E-state index in [0.29, 0.717) is 12.2 Å². The molecule has 15 heavy (non-hydrogen) atoms. The number of ketones is 2. The van der Waals surface area contributed by atoms with E-state index in [9.17, 15) is 9.59 Å². The fourth-order valence-corrected chi connectivity index (χ4v) is 3.20. The van der Waals surface area contributed by atoms with Crippen molar-refractivity contribution >= 4 is 11.6 Å². The van der Waals surface area contributed by atoms with Crippen LogP contribution in [0, 0.1) is 17.3 Å². The second kappa shape index (κ2) is 3.29. The molecule has 2 nitrogen and oxygen atoms in total. The van der Waals surface area contributed by atoms with E-state index in [4.69, 9.17) is 0 Å². The Morgan fingerprint density at radius 3 is 2.73 bits per heavy atom. The van der Waals surface area contributed by atoms with Crippen molar-refractivity contribution in [2.75, 3.05) is 0 Å². The van der Waals surface area contributed by atoms with E-state index in [2.05, 4.69) is 13.0 Å². The van der Waals surface area contributed by atoms with E-state index in [-0.39, 0.29) is 17.6 Å². The van der Waals surface area contributed by atoms with Gasteiger partial charge in [0.15, 0.2) is 0 Å². The van der Waals surface area contributed by atoms with E-state index >= 15 is 0 Å². The number of fused-ring (bicyclic) bond motifs is 1. The average molecular weight is 206 g/mol. The van der Waals surface area contributed by atoms with Crippen LogP contribution in [-0.2, 0) is 9.59 Å². The van der Waals surface area contributed by atoms with Crippen LogP contribution >= 0.6 is 0 Å². The highest BCUT2D eigenvalue weighted by molar-refractivity contribution is 6.00. The smallest absolute Gasteiger partial charge is 0.143 e. The van der Waals surface area contributed by atoms with Crippen LogP contribution < -0.4 is 0 Å². The summed E-state index contributed by atoms with van der Waals surface area (Å²) in [6.45, 7) is 5.91. The standard InChI is InChI=1S/C13H18O2/c1-8-4-5-10-11(14)6-9(2)12(15)13(10,3)7-8/h4,9-10H,5-7H2,1-3H3/t9-,10-,13+/m0/s1. The van der Waals surface area contributed by atoms with Gasteiger partial charge in [0.05, 0.1) is 0 Å². The Labute approximate surface area is 90.7 Å². The van der Waals surface area contributed by atoms with Gasteiger partial charge in [0.25, 0.3) is 0 Å². The van der Waals surface area contributed by atoms with Crippen LogP contribution in [0.25, 0.3) is 0 Å². The van der Waals surface area contributed by atoms with Crippen molar-refractivity contribution in [1.82, 2.24) is 0 Å². The maximum Gasteiger partial charge on any atom is 0.143 e. The molecule has 0 aliphatic heterocycles. The number of rotatable bonds is 0. The summed E-state index contributed by atoms with van der Waals surface area (Å²) >= 11 is 0. The Balaban J connectivity index is 2.41. The predicted octanol–water partition coefficient (Wildman–Crippen LogP) is 2.53. The quantitative estimate of drug-likeness (QED) is 0.571. The highest BCUT2D eigenvalue weighted by Crippen LogP contribution is 2.47. The zero-order valence-electron chi connectivity index (χ0n) is 9.67. The predicted molar refractivity (Wildman–Crippen MR) is 58.4 cm³/mol. The summed E-state index contributed by atoms with van der Waals surface area (Å²) in [5, 5.41) is 0. The lowest BCUT2D eigenvalue weighted by Gasteiger charge is -2.43. The molecule has 0 unspecified atom stereocenters. The molecule has 0 aromatic rings. The maximum absolute atomic E-state index is 12.2. The Bertz CT molecular complexity index is 354. The lowest BCUT2D eigenvalue weighted by molar-refractivity contribution is -0.148. The summed E-state index contributed by atoms with van der Waals surface area (Å²) in [6, 6.07) is 0. The molecule has 0 bridgehead atoms. The molecular formula is C13H18O2. The molecule has 1 saturated carbocycles. The third-order valence-electron chi connectivity index (χ3n) is 4.02. The molecule has 0 radical (unpaired) electrons. The fourth-order valence-electron chi connectivity index (χ4n) is 3.20. The second-order valence-electron chi connectivity index (χ2n) is 5.37. The van der Waals surface area contributed by atoms with Crippen molar-refractivity contribution in [2.24, 2.45) is 17.3 Å². The van der Waals surface area contributed by atoms with Gasteiger partial charge in [-0.25, -0.2) is 0 Å². The van der Waals surface area contributed by atoms with Crippen molar-refractivity contribution in [3.63, 3.8) is 0 Å². The van der Waals surface area contributed by atoms with Crippen molar-refractivity contribution in [1.29, 1.82) is 0 Å². The van der Waals surface area contributed by atoms with Gasteiger partial charge in [0, 0.05) is 23.7 Å². The molecule has 2 rings (SSSR count). The number of Topliss-reactive ketones (excluding diaryl/α,β-unsaturated/α-hetero) is 2. The van der Waals surface area contributed by atoms with Gasteiger partial charge in [0.2, 0.25) is 0 Å². The third kappa shape index (κ3) is 1.47. The molecule has 0 aromatic heterocycles. The zero-order valence-corrected chi connectivity index (χ0v) is 9.67. The zero-order chi connectivity index (χ0) is 11.2. The van der Waals surface area contributed by atoms with E-state index in [1.807, 2.05) is 13.8 Å². The summed E-state index contributed by atoms with van der Waals surface area (Å²) in [5.74, 6) is 0.447. The number of carbonyl (C=O) groups excluding carboxylic acids is 2. The molecule has 2 aliphatic carbocycles. The number of hydrogen-bond donors (Lipinski definition) is 0. The molecule has 0 spiro atoms. The first kappa shape index (κ1) is 10.6. The monoisotopic (exact) mass is 206 g/mol. The summed E-state index contributed by atoms with van der Waals surface area (Å²) in [4.78, 5) is 24.1. The van der Waals surface area contributed by atoms with Gasteiger partial charge in [-0.1, -0.05) is 25.5 Å². The van der Waals surface area contributed by atoms with Crippen LogP contribution in [0.5, 0.6) is 0 Å². The molecule has 2 heteroatoms. The Hall–Kier alpha value is -0.920. The van der Waals surface area contributed by atoms with Crippen LogP contribution in [0.2, 0.25) is 0 Å². The highest BCUT2D eigenvalue weighted by Gasteiger charge is 2.51. The number of allylic oxidation sites excluding steroid dienone is 2. The Kier molecular flexibility index (Phi) is 2.32.